The molecule has 0 bridgehead atoms. The third-order valence-electron chi connectivity index (χ3n) is 5.73. The van der Waals surface area contributed by atoms with E-state index >= 15 is 0 Å². The van der Waals surface area contributed by atoms with Crippen LogP contribution in [0, 0.1) is 6.92 Å². The van der Waals surface area contributed by atoms with Crippen LogP contribution in [0.25, 0.3) is 0 Å². The van der Waals surface area contributed by atoms with E-state index in [4.69, 9.17) is 4.74 Å². The molecule has 0 atom stereocenters. The van der Waals surface area contributed by atoms with Gasteiger partial charge >= 0.3 is 0 Å². The minimum atomic E-state index is -3.80. The molecule has 0 unspecified atom stereocenters. The molecule has 1 aliphatic heterocycles. The molecule has 1 N–H and O–H groups in total. The summed E-state index contributed by atoms with van der Waals surface area (Å²) in [7, 11) is -2.31. The highest BCUT2D eigenvalue weighted by molar-refractivity contribution is 7.92. The Labute approximate surface area is 171 Å². The van der Waals surface area contributed by atoms with Crippen molar-refractivity contribution in [2.24, 2.45) is 0 Å². The molecular weight excluding hydrogens is 388 g/mol. The van der Waals surface area contributed by atoms with Crippen molar-refractivity contribution in [2.75, 3.05) is 23.3 Å². The maximum absolute atomic E-state index is 13.1. The molecule has 2 aliphatic rings. The number of anilines is 2. The molecule has 1 aliphatic carbocycles. The van der Waals surface area contributed by atoms with Gasteiger partial charge in [-0.1, -0.05) is 0 Å². The predicted octanol–water partition coefficient (Wildman–Crippen LogP) is 3.81. The van der Waals surface area contributed by atoms with Gasteiger partial charge in [0, 0.05) is 24.3 Å². The molecule has 1 saturated heterocycles. The molecule has 2 aromatic carbocycles. The SMILES string of the molecule is COc1cc2c(cc1S(=O)(=O)Nc1ccc(N3CCCC3=O)c(C)c1)CCCC2. The fourth-order valence-corrected chi connectivity index (χ4v) is 5.50. The van der Waals surface area contributed by atoms with Crippen molar-refractivity contribution < 1.29 is 17.9 Å². The summed E-state index contributed by atoms with van der Waals surface area (Å²) in [5.74, 6) is 0.481. The van der Waals surface area contributed by atoms with Crippen LogP contribution < -0.4 is 14.4 Å². The molecule has 4 rings (SSSR count). The molecule has 0 radical (unpaired) electrons. The average molecular weight is 415 g/mol. The number of amides is 1. The van der Waals surface area contributed by atoms with E-state index in [2.05, 4.69) is 4.72 Å². The standard InChI is InChI=1S/C22H26N2O4S/c1-15-12-18(9-10-19(15)24-11-5-8-22(24)25)23-29(26,27)21-14-17-7-4-3-6-16(17)13-20(21)28-2/h9-10,12-14,23H,3-8,11H2,1-2H3. The maximum Gasteiger partial charge on any atom is 0.265 e. The van der Waals surface area contributed by atoms with Gasteiger partial charge in [-0.15, -0.1) is 0 Å². The van der Waals surface area contributed by atoms with Crippen LogP contribution in [-0.4, -0.2) is 28.0 Å². The number of carbonyl (C=O) groups excluding carboxylic acids is 1. The van der Waals surface area contributed by atoms with E-state index in [1.807, 2.05) is 13.0 Å². The van der Waals surface area contributed by atoms with Gasteiger partial charge in [-0.05, 0) is 86.1 Å². The van der Waals surface area contributed by atoms with Crippen LogP contribution in [0.4, 0.5) is 11.4 Å². The normalized spacial score (nSPS) is 16.6. The van der Waals surface area contributed by atoms with E-state index in [9.17, 15) is 13.2 Å². The Hall–Kier alpha value is -2.54. The molecule has 1 heterocycles. The third kappa shape index (κ3) is 3.83. The summed E-state index contributed by atoms with van der Waals surface area (Å²) in [6.07, 6.45) is 5.44. The Morgan fingerprint density at radius 2 is 1.72 bits per heavy atom. The molecule has 154 valence electrons. The highest BCUT2D eigenvalue weighted by atomic mass is 32.2. The number of carbonyl (C=O) groups is 1. The zero-order chi connectivity index (χ0) is 20.6. The molecule has 6 nitrogen and oxygen atoms in total. The Morgan fingerprint density at radius 3 is 2.34 bits per heavy atom. The summed E-state index contributed by atoms with van der Waals surface area (Å²) in [6, 6.07) is 8.89. The summed E-state index contributed by atoms with van der Waals surface area (Å²) < 4.78 is 34.3. The number of benzene rings is 2. The minimum Gasteiger partial charge on any atom is -0.495 e. The molecule has 2 aromatic rings. The van der Waals surface area contributed by atoms with Crippen molar-refractivity contribution >= 4 is 27.3 Å². The molecule has 0 aromatic heterocycles. The van der Waals surface area contributed by atoms with Crippen molar-refractivity contribution in [2.45, 2.75) is 50.3 Å². The number of methoxy groups -OCH3 is 1. The number of sulfonamides is 1. The smallest absolute Gasteiger partial charge is 0.265 e. The largest absolute Gasteiger partial charge is 0.495 e. The van der Waals surface area contributed by atoms with Gasteiger partial charge in [0.25, 0.3) is 10.0 Å². The Bertz CT molecular complexity index is 1060. The Morgan fingerprint density at radius 1 is 1.00 bits per heavy atom. The van der Waals surface area contributed by atoms with Gasteiger partial charge in [0.15, 0.2) is 0 Å². The predicted molar refractivity (Wildman–Crippen MR) is 113 cm³/mol. The molecule has 0 saturated carbocycles. The van der Waals surface area contributed by atoms with Gasteiger partial charge < -0.3 is 9.64 Å². The Balaban J connectivity index is 1.64. The first-order valence-electron chi connectivity index (χ1n) is 10.0. The van der Waals surface area contributed by atoms with Crippen LogP contribution in [-0.2, 0) is 27.7 Å². The van der Waals surface area contributed by atoms with E-state index in [-0.39, 0.29) is 10.8 Å². The summed E-state index contributed by atoms with van der Waals surface area (Å²) in [6.45, 7) is 2.59. The lowest BCUT2D eigenvalue weighted by molar-refractivity contribution is -0.117. The van der Waals surface area contributed by atoms with E-state index in [1.165, 1.54) is 12.7 Å². The molecule has 1 amide bonds. The zero-order valence-corrected chi connectivity index (χ0v) is 17.6. The molecule has 7 heteroatoms. The van der Waals surface area contributed by atoms with Crippen LogP contribution in [0.5, 0.6) is 5.75 Å². The first kappa shape index (κ1) is 19.8. The topological polar surface area (TPSA) is 75.7 Å². The third-order valence-corrected chi connectivity index (χ3v) is 7.13. The van der Waals surface area contributed by atoms with E-state index in [0.29, 0.717) is 24.4 Å². The minimum absolute atomic E-state index is 0.111. The molecule has 1 fully saturated rings. The van der Waals surface area contributed by atoms with Gasteiger partial charge in [0.1, 0.15) is 10.6 Å². The quantitative estimate of drug-likeness (QED) is 0.807. The number of nitrogens with one attached hydrogen (secondary N) is 1. The van der Waals surface area contributed by atoms with Crippen molar-refractivity contribution in [1.29, 1.82) is 0 Å². The number of ether oxygens (including phenoxy) is 1. The second-order valence-electron chi connectivity index (χ2n) is 7.73. The summed E-state index contributed by atoms with van der Waals surface area (Å²) in [5, 5.41) is 0. The number of fused-ring (bicyclic) bond motifs is 1. The summed E-state index contributed by atoms with van der Waals surface area (Å²) >= 11 is 0. The van der Waals surface area contributed by atoms with Crippen LogP contribution in [0.3, 0.4) is 0 Å². The molecule has 0 spiro atoms. The highest BCUT2D eigenvalue weighted by Crippen LogP contribution is 2.34. The Kier molecular flexibility index (Phi) is 5.25. The number of nitrogens with zero attached hydrogens (tertiary/aromatic N) is 1. The fourth-order valence-electron chi connectivity index (χ4n) is 4.24. The monoisotopic (exact) mass is 414 g/mol. The first-order chi connectivity index (χ1) is 13.9. The van der Waals surface area contributed by atoms with Crippen LogP contribution in [0.2, 0.25) is 0 Å². The number of hydrogen-bond donors (Lipinski definition) is 1. The van der Waals surface area contributed by atoms with E-state index in [0.717, 1.165) is 48.9 Å². The van der Waals surface area contributed by atoms with Crippen LogP contribution in [0.1, 0.15) is 42.4 Å². The van der Waals surface area contributed by atoms with Crippen LogP contribution >= 0.6 is 0 Å². The zero-order valence-electron chi connectivity index (χ0n) is 16.8. The lowest BCUT2D eigenvalue weighted by Gasteiger charge is -2.21. The number of rotatable bonds is 5. The van der Waals surface area contributed by atoms with Gasteiger partial charge in [-0.3, -0.25) is 9.52 Å². The molecular formula is C22H26N2O4S. The number of aryl methyl sites for hydroxylation is 3. The van der Waals surface area contributed by atoms with Crippen molar-refractivity contribution in [3.8, 4) is 5.75 Å². The second kappa shape index (κ2) is 7.71. The lowest BCUT2D eigenvalue weighted by Crippen LogP contribution is -2.24. The molecule has 29 heavy (non-hydrogen) atoms. The fraction of sp³-hybridized carbons (Fsp3) is 0.409. The second-order valence-corrected chi connectivity index (χ2v) is 9.39. The average Bonchev–Trinajstić information content (AvgIpc) is 3.12. The van der Waals surface area contributed by atoms with Gasteiger partial charge in [0.2, 0.25) is 5.91 Å². The summed E-state index contributed by atoms with van der Waals surface area (Å²) in [4.78, 5) is 13.9. The highest BCUT2D eigenvalue weighted by Gasteiger charge is 2.25. The van der Waals surface area contributed by atoms with Gasteiger partial charge in [-0.25, -0.2) is 8.42 Å². The van der Waals surface area contributed by atoms with E-state index < -0.39 is 10.0 Å². The lowest BCUT2D eigenvalue weighted by atomic mass is 9.92. The van der Waals surface area contributed by atoms with E-state index in [1.54, 1.807) is 29.2 Å². The van der Waals surface area contributed by atoms with Gasteiger partial charge in [0.05, 0.1) is 7.11 Å². The van der Waals surface area contributed by atoms with Gasteiger partial charge in [-0.2, -0.15) is 0 Å². The maximum atomic E-state index is 13.1. The van der Waals surface area contributed by atoms with Crippen molar-refractivity contribution in [1.82, 2.24) is 0 Å². The van der Waals surface area contributed by atoms with Crippen molar-refractivity contribution in [3.05, 3.63) is 47.0 Å². The summed E-state index contributed by atoms with van der Waals surface area (Å²) in [5.41, 5.74) is 4.41. The van der Waals surface area contributed by atoms with Crippen molar-refractivity contribution in [3.63, 3.8) is 0 Å². The van der Waals surface area contributed by atoms with Crippen LogP contribution in [0.15, 0.2) is 35.2 Å². The first-order valence-corrected chi connectivity index (χ1v) is 11.5. The number of hydrogen-bond acceptors (Lipinski definition) is 4.